The maximum Gasteiger partial charge on any atom is 0.573 e. The predicted octanol–water partition coefficient (Wildman–Crippen LogP) is 2.57. The summed E-state index contributed by atoms with van der Waals surface area (Å²) in [6, 6.07) is 2.50. The van der Waals surface area contributed by atoms with Gasteiger partial charge in [-0.05, 0) is 17.7 Å². The van der Waals surface area contributed by atoms with Crippen molar-refractivity contribution >= 4 is 29.4 Å². The third kappa shape index (κ3) is 3.72. The van der Waals surface area contributed by atoms with E-state index in [9.17, 15) is 37.8 Å². The fraction of sp³-hybridized carbons (Fsp3) is 0.0714. The SMILES string of the molecule is Nc1[nH]c(=O)c(C(=O)O)c(-c2ccc(OC(F)(F)F)c(Cl)c2)c1C(=O)O. The van der Waals surface area contributed by atoms with Gasteiger partial charge in [0, 0.05) is 5.56 Å². The maximum absolute atomic E-state index is 12.3. The number of rotatable bonds is 4. The molecule has 8 nitrogen and oxygen atoms in total. The lowest BCUT2D eigenvalue weighted by Gasteiger charge is -2.14. The van der Waals surface area contributed by atoms with E-state index in [1.54, 1.807) is 0 Å². The standard InChI is InChI=1S/C14H8ClF3N2O6/c15-5-3-4(1-2-6(5)26-14(16,17)18)7-8(12(22)23)10(19)20-11(21)9(7)13(24)25/h1-3H,(H,22,23)(H,24,25)(H3,19,20,21). The van der Waals surface area contributed by atoms with Crippen LogP contribution in [0.1, 0.15) is 20.7 Å². The summed E-state index contributed by atoms with van der Waals surface area (Å²) in [5.74, 6) is -4.86. The molecule has 1 aromatic carbocycles. The first-order chi connectivity index (χ1) is 11.9. The molecular weight excluding hydrogens is 385 g/mol. The Kier molecular flexibility index (Phi) is 4.85. The number of carboxylic acids is 2. The van der Waals surface area contributed by atoms with Gasteiger partial charge in [-0.2, -0.15) is 0 Å². The minimum atomic E-state index is -5.03. The second-order valence-corrected chi connectivity index (χ2v) is 5.20. The highest BCUT2D eigenvalue weighted by atomic mass is 35.5. The Hall–Kier alpha value is -3.21. The zero-order valence-corrected chi connectivity index (χ0v) is 13.1. The zero-order valence-electron chi connectivity index (χ0n) is 12.3. The van der Waals surface area contributed by atoms with E-state index in [0.29, 0.717) is 0 Å². The second-order valence-electron chi connectivity index (χ2n) is 4.80. The first-order valence-electron chi connectivity index (χ1n) is 6.50. The number of halogens is 4. The molecule has 0 saturated carbocycles. The highest BCUT2D eigenvalue weighted by Crippen LogP contribution is 2.36. The molecule has 2 aromatic rings. The van der Waals surface area contributed by atoms with E-state index < -0.39 is 57.1 Å². The van der Waals surface area contributed by atoms with Gasteiger partial charge in [0.15, 0.2) is 0 Å². The largest absolute Gasteiger partial charge is 0.573 e. The lowest BCUT2D eigenvalue weighted by molar-refractivity contribution is -0.274. The average Bonchev–Trinajstić information content (AvgIpc) is 2.46. The molecule has 0 spiro atoms. The molecule has 5 N–H and O–H groups in total. The van der Waals surface area contributed by atoms with Crippen LogP contribution in [-0.4, -0.2) is 33.5 Å². The number of hydrogen-bond acceptors (Lipinski definition) is 5. The van der Waals surface area contributed by atoms with Gasteiger partial charge in [0.25, 0.3) is 5.56 Å². The summed E-state index contributed by atoms with van der Waals surface area (Å²) in [4.78, 5) is 36.6. The average molecular weight is 393 g/mol. The summed E-state index contributed by atoms with van der Waals surface area (Å²) < 4.78 is 40.5. The molecule has 0 atom stereocenters. The van der Waals surface area contributed by atoms with Gasteiger partial charge in [-0.1, -0.05) is 17.7 Å². The summed E-state index contributed by atoms with van der Waals surface area (Å²) in [6.07, 6.45) is -5.03. The van der Waals surface area contributed by atoms with Crippen LogP contribution >= 0.6 is 11.6 Å². The molecule has 1 heterocycles. The summed E-state index contributed by atoms with van der Waals surface area (Å²) in [7, 11) is 0. The topological polar surface area (TPSA) is 143 Å². The number of H-pyrrole nitrogens is 1. The number of carbonyl (C=O) groups is 2. The number of nitrogen functional groups attached to an aromatic ring is 1. The number of aromatic amines is 1. The number of pyridine rings is 1. The molecule has 12 heteroatoms. The molecule has 2 rings (SSSR count). The number of anilines is 1. The summed E-state index contributed by atoms with van der Waals surface area (Å²) in [5, 5.41) is 17.9. The number of ether oxygens (including phenoxy) is 1. The lowest BCUT2D eigenvalue weighted by atomic mass is 9.95. The number of alkyl halides is 3. The van der Waals surface area contributed by atoms with Crippen LogP contribution in [0.5, 0.6) is 5.75 Å². The number of carboxylic acid groups (broad SMARTS) is 2. The first kappa shape index (κ1) is 19.1. The van der Waals surface area contributed by atoms with Crippen LogP contribution in [0.3, 0.4) is 0 Å². The van der Waals surface area contributed by atoms with E-state index >= 15 is 0 Å². The predicted molar refractivity (Wildman–Crippen MR) is 82.5 cm³/mol. The molecule has 138 valence electrons. The molecule has 1 aromatic heterocycles. The van der Waals surface area contributed by atoms with Crippen LogP contribution in [0.15, 0.2) is 23.0 Å². The molecule has 0 radical (unpaired) electrons. The van der Waals surface area contributed by atoms with Crippen molar-refractivity contribution in [1.82, 2.24) is 4.98 Å². The van der Waals surface area contributed by atoms with E-state index in [0.717, 1.165) is 18.2 Å². The van der Waals surface area contributed by atoms with Crippen molar-refractivity contribution in [3.8, 4) is 16.9 Å². The van der Waals surface area contributed by atoms with E-state index in [2.05, 4.69) is 4.74 Å². The van der Waals surface area contributed by atoms with Crippen LogP contribution in [0.25, 0.3) is 11.1 Å². The van der Waals surface area contributed by atoms with Crippen molar-refractivity contribution in [3.63, 3.8) is 0 Å². The Bertz CT molecular complexity index is 970. The van der Waals surface area contributed by atoms with E-state index in [1.807, 2.05) is 4.98 Å². The van der Waals surface area contributed by atoms with Crippen molar-refractivity contribution < 1.29 is 37.7 Å². The molecular formula is C14H8ClF3N2O6. The Morgan fingerprint density at radius 2 is 1.73 bits per heavy atom. The molecule has 0 bridgehead atoms. The first-order valence-corrected chi connectivity index (χ1v) is 6.88. The quantitative estimate of drug-likeness (QED) is 0.626. The van der Waals surface area contributed by atoms with E-state index in [1.165, 1.54) is 0 Å². The van der Waals surface area contributed by atoms with Crippen LogP contribution < -0.4 is 16.0 Å². The summed E-state index contributed by atoms with van der Waals surface area (Å²) in [6.45, 7) is 0. The molecule has 0 aliphatic rings. The smallest absolute Gasteiger partial charge is 0.478 e. The van der Waals surface area contributed by atoms with Gasteiger partial charge >= 0.3 is 18.3 Å². The minimum absolute atomic E-state index is 0.253. The number of nitrogens with two attached hydrogens (primary N) is 1. The molecule has 0 aliphatic heterocycles. The van der Waals surface area contributed by atoms with Crippen molar-refractivity contribution in [1.29, 1.82) is 0 Å². The van der Waals surface area contributed by atoms with E-state index in [4.69, 9.17) is 17.3 Å². The van der Waals surface area contributed by atoms with Crippen molar-refractivity contribution in [2.45, 2.75) is 6.36 Å². The zero-order chi connectivity index (χ0) is 19.8. The number of aromatic carboxylic acids is 2. The molecule has 0 fully saturated rings. The van der Waals surface area contributed by atoms with Gasteiger partial charge in [0.05, 0.1) is 5.02 Å². The number of nitrogens with one attached hydrogen (secondary N) is 1. The van der Waals surface area contributed by atoms with E-state index in [-0.39, 0.29) is 5.56 Å². The Morgan fingerprint density at radius 3 is 2.19 bits per heavy atom. The Labute approximate surface area is 146 Å². The van der Waals surface area contributed by atoms with Crippen molar-refractivity contribution in [2.24, 2.45) is 0 Å². The Morgan fingerprint density at radius 1 is 1.15 bits per heavy atom. The lowest BCUT2D eigenvalue weighted by Crippen LogP contribution is -2.24. The molecule has 0 unspecified atom stereocenters. The van der Waals surface area contributed by atoms with Crippen LogP contribution in [0, 0.1) is 0 Å². The van der Waals surface area contributed by atoms with Crippen LogP contribution in [-0.2, 0) is 0 Å². The van der Waals surface area contributed by atoms with Gasteiger partial charge in [0.1, 0.15) is 22.7 Å². The third-order valence-electron chi connectivity index (χ3n) is 3.12. The Balaban J connectivity index is 2.79. The summed E-state index contributed by atoms with van der Waals surface area (Å²) >= 11 is 5.69. The van der Waals surface area contributed by atoms with Gasteiger partial charge in [-0.25, -0.2) is 9.59 Å². The van der Waals surface area contributed by atoms with Crippen LogP contribution in [0.2, 0.25) is 5.02 Å². The van der Waals surface area contributed by atoms with Crippen molar-refractivity contribution in [2.75, 3.05) is 5.73 Å². The molecule has 26 heavy (non-hydrogen) atoms. The van der Waals surface area contributed by atoms with Crippen LogP contribution in [0.4, 0.5) is 19.0 Å². The minimum Gasteiger partial charge on any atom is -0.478 e. The maximum atomic E-state index is 12.3. The summed E-state index contributed by atoms with van der Waals surface area (Å²) in [5.41, 5.74) is 1.69. The van der Waals surface area contributed by atoms with Crippen molar-refractivity contribution in [3.05, 3.63) is 44.7 Å². The van der Waals surface area contributed by atoms with Gasteiger partial charge in [0.2, 0.25) is 0 Å². The fourth-order valence-corrected chi connectivity index (χ4v) is 2.42. The number of hydrogen-bond donors (Lipinski definition) is 4. The van der Waals surface area contributed by atoms with Gasteiger partial charge in [-0.3, -0.25) is 4.79 Å². The second kappa shape index (κ2) is 6.59. The highest BCUT2D eigenvalue weighted by Gasteiger charge is 2.32. The monoisotopic (exact) mass is 392 g/mol. The molecule has 0 saturated heterocycles. The number of aromatic nitrogens is 1. The number of benzene rings is 1. The molecule has 0 aliphatic carbocycles. The normalized spacial score (nSPS) is 11.2. The van der Waals surface area contributed by atoms with Gasteiger partial charge in [-0.15, -0.1) is 13.2 Å². The van der Waals surface area contributed by atoms with Gasteiger partial charge < -0.3 is 25.7 Å². The highest BCUT2D eigenvalue weighted by molar-refractivity contribution is 6.32. The molecule has 0 amide bonds. The fourth-order valence-electron chi connectivity index (χ4n) is 2.20. The third-order valence-corrected chi connectivity index (χ3v) is 3.41.